The van der Waals surface area contributed by atoms with Crippen LogP contribution in [0.15, 0.2) is 78.9 Å². The SMILES string of the molecule is OCc1cccc(CNC(CCCc2ccccc2)c2ccccc2)n1. The minimum absolute atomic E-state index is 0.0208. The van der Waals surface area contributed by atoms with E-state index in [-0.39, 0.29) is 6.61 Å². The van der Waals surface area contributed by atoms with Gasteiger partial charge >= 0.3 is 0 Å². The summed E-state index contributed by atoms with van der Waals surface area (Å²) in [7, 11) is 0. The van der Waals surface area contributed by atoms with E-state index in [0.29, 0.717) is 18.3 Å². The number of aromatic nitrogens is 1. The van der Waals surface area contributed by atoms with E-state index < -0.39 is 0 Å². The van der Waals surface area contributed by atoms with Crippen LogP contribution in [-0.4, -0.2) is 10.1 Å². The Balaban J connectivity index is 1.61. The third-order valence-corrected chi connectivity index (χ3v) is 4.56. The van der Waals surface area contributed by atoms with Gasteiger partial charge in [0, 0.05) is 12.6 Å². The number of benzene rings is 2. The average Bonchev–Trinajstić information content (AvgIpc) is 2.72. The second-order valence-electron chi connectivity index (χ2n) is 6.50. The highest BCUT2D eigenvalue weighted by Gasteiger charge is 2.11. The molecule has 0 saturated carbocycles. The number of aliphatic hydroxyl groups is 1. The van der Waals surface area contributed by atoms with Crippen molar-refractivity contribution in [1.82, 2.24) is 10.3 Å². The molecule has 0 aliphatic heterocycles. The van der Waals surface area contributed by atoms with Gasteiger partial charge in [0.25, 0.3) is 0 Å². The van der Waals surface area contributed by atoms with E-state index in [1.165, 1.54) is 11.1 Å². The largest absolute Gasteiger partial charge is 0.390 e. The molecule has 1 heterocycles. The van der Waals surface area contributed by atoms with Gasteiger partial charge in [0.1, 0.15) is 0 Å². The molecule has 0 bridgehead atoms. The molecule has 3 rings (SSSR count). The first-order valence-corrected chi connectivity index (χ1v) is 9.23. The van der Waals surface area contributed by atoms with Gasteiger partial charge in [0.2, 0.25) is 0 Å². The summed E-state index contributed by atoms with van der Waals surface area (Å²) >= 11 is 0. The summed E-state index contributed by atoms with van der Waals surface area (Å²) in [5, 5.41) is 12.9. The van der Waals surface area contributed by atoms with Crippen LogP contribution in [0.3, 0.4) is 0 Å². The van der Waals surface area contributed by atoms with Crippen LogP contribution in [0.2, 0.25) is 0 Å². The lowest BCUT2D eigenvalue weighted by atomic mass is 9.99. The molecule has 3 heteroatoms. The average molecular weight is 346 g/mol. The van der Waals surface area contributed by atoms with Crippen molar-refractivity contribution in [2.75, 3.05) is 0 Å². The molecule has 1 unspecified atom stereocenters. The van der Waals surface area contributed by atoms with E-state index in [2.05, 4.69) is 71.0 Å². The summed E-state index contributed by atoms with van der Waals surface area (Å²) in [4.78, 5) is 4.47. The molecular formula is C23H26N2O. The monoisotopic (exact) mass is 346 g/mol. The molecule has 3 aromatic rings. The standard InChI is InChI=1S/C23H26N2O/c26-18-22-15-8-14-21(25-22)17-24-23(20-12-5-2-6-13-20)16-7-11-19-9-3-1-4-10-19/h1-6,8-10,12-15,23-24,26H,7,11,16-18H2. The zero-order valence-corrected chi connectivity index (χ0v) is 15.0. The maximum atomic E-state index is 9.26. The number of nitrogens with zero attached hydrogens (tertiary/aromatic N) is 1. The van der Waals surface area contributed by atoms with Crippen LogP contribution in [0, 0.1) is 0 Å². The van der Waals surface area contributed by atoms with Crippen LogP contribution in [0.25, 0.3) is 0 Å². The van der Waals surface area contributed by atoms with Crippen LogP contribution in [0.5, 0.6) is 0 Å². The second-order valence-corrected chi connectivity index (χ2v) is 6.50. The fourth-order valence-electron chi connectivity index (χ4n) is 3.17. The van der Waals surface area contributed by atoms with Gasteiger partial charge in [-0.25, -0.2) is 0 Å². The van der Waals surface area contributed by atoms with Crippen molar-refractivity contribution in [2.45, 2.75) is 38.5 Å². The van der Waals surface area contributed by atoms with Gasteiger partial charge in [-0.2, -0.15) is 0 Å². The van der Waals surface area contributed by atoms with Gasteiger partial charge < -0.3 is 10.4 Å². The molecule has 1 atom stereocenters. The molecule has 0 spiro atoms. The van der Waals surface area contributed by atoms with E-state index in [9.17, 15) is 5.11 Å². The second kappa shape index (κ2) is 9.85. The predicted molar refractivity (Wildman–Crippen MR) is 106 cm³/mol. The van der Waals surface area contributed by atoms with Crippen molar-refractivity contribution in [3.63, 3.8) is 0 Å². The topological polar surface area (TPSA) is 45.1 Å². The number of pyridine rings is 1. The number of nitrogens with one attached hydrogen (secondary N) is 1. The van der Waals surface area contributed by atoms with E-state index in [1.807, 2.05) is 18.2 Å². The Morgan fingerprint density at radius 1 is 0.808 bits per heavy atom. The Kier molecular flexibility index (Phi) is 6.94. The summed E-state index contributed by atoms with van der Waals surface area (Å²) in [6.07, 6.45) is 3.28. The summed E-state index contributed by atoms with van der Waals surface area (Å²) in [6, 6.07) is 27.3. The fraction of sp³-hybridized carbons (Fsp3) is 0.261. The molecule has 26 heavy (non-hydrogen) atoms. The van der Waals surface area contributed by atoms with Gasteiger partial charge in [-0.15, -0.1) is 0 Å². The lowest BCUT2D eigenvalue weighted by Gasteiger charge is -2.19. The molecule has 0 aliphatic carbocycles. The minimum Gasteiger partial charge on any atom is -0.390 e. The zero-order chi connectivity index (χ0) is 18.0. The first-order chi connectivity index (χ1) is 12.8. The summed E-state index contributed by atoms with van der Waals surface area (Å²) in [5.74, 6) is 0. The van der Waals surface area contributed by atoms with Gasteiger partial charge in [0.05, 0.1) is 18.0 Å². The van der Waals surface area contributed by atoms with E-state index >= 15 is 0 Å². The van der Waals surface area contributed by atoms with Crippen molar-refractivity contribution >= 4 is 0 Å². The molecule has 2 N–H and O–H groups in total. The first-order valence-electron chi connectivity index (χ1n) is 9.23. The van der Waals surface area contributed by atoms with Crippen molar-refractivity contribution in [3.05, 3.63) is 101 Å². The van der Waals surface area contributed by atoms with Crippen molar-refractivity contribution in [2.24, 2.45) is 0 Å². The number of hydrogen-bond donors (Lipinski definition) is 2. The lowest BCUT2D eigenvalue weighted by Crippen LogP contribution is -2.22. The van der Waals surface area contributed by atoms with E-state index in [1.54, 1.807) is 0 Å². The van der Waals surface area contributed by atoms with Crippen LogP contribution in [-0.2, 0) is 19.6 Å². The maximum absolute atomic E-state index is 9.26. The molecule has 0 saturated heterocycles. The Labute approximate surface area is 155 Å². The molecule has 0 fully saturated rings. The van der Waals surface area contributed by atoms with Crippen LogP contribution in [0.4, 0.5) is 0 Å². The van der Waals surface area contributed by atoms with Crippen molar-refractivity contribution < 1.29 is 5.11 Å². The van der Waals surface area contributed by atoms with Crippen LogP contribution < -0.4 is 5.32 Å². The highest BCUT2D eigenvalue weighted by Crippen LogP contribution is 2.20. The highest BCUT2D eigenvalue weighted by molar-refractivity contribution is 5.20. The predicted octanol–water partition coefficient (Wildman–Crippen LogP) is 4.43. The van der Waals surface area contributed by atoms with E-state index in [0.717, 1.165) is 25.0 Å². The number of aryl methyl sites for hydroxylation is 1. The van der Waals surface area contributed by atoms with Crippen LogP contribution in [0.1, 0.15) is 41.4 Å². The maximum Gasteiger partial charge on any atom is 0.0853 e. The Morgan fingerprint density at radius 2 is 1.50 bits per heavy atom. The quantitative estimate of drug-likeness (QED) is 0.602. The van der Waals surface area contributed by atoms with Crippen molar-refractivity contribution in [1.29, 1.82) is 0 Å². The minimum atomic E-state index is -0.0208. The molecule has 1 aromatic heterocycles. The molecule has 0 aliphatic rings. The number of aliphatic hydroxyl groups excluding tert-OH is 1. The van der Waals surface area contributed by atoms with Crippen LogP contribution >= 0.6 is 0 Å². The Hall–Kier alpha value is -2.49. The van der Waals surface area contributed by atoms with Gasteiger partial charge in [-0.3, -0.25) is 4.98 Å². The Bertz CT molecular complexity index is 774. The summed E-state index contributed by atoms with van der Waals surface area (Å²) in [5.41, 5.74) is 4.36. The molecule has 0 radical (unpaired) electrons. The Morgan fingerprint density at radius 3 is 2.23 bits per heavy atom. The third-order valence-electron chi connectivity index (χ3n) is 4.56. The summed E-state index contributed by atoms with van der Waals surface area (Å²) in [6.45, 7) is 0.672. The lowest BCUT2D eigenvalue weighted by molar-refractivity contribution is 0.276. The number of rotatable bonds is 9. The smallest absolute Gasteiger partial charge is 0.0853 e. The zero-order valence-electron chi connectivity index (χ0n) is 15.0. The fourth-order valence-corrected chi connectivity index (χ4v) is 3.17. The van der Waals surface area contributed by atoms with Crippen molar-refractivity contribution in [3.8, 4) is 0 Å². The van der Waals surface area contributed by atoms with Gasteiger partial charge in [-0.1, -0.05) is 66.7 Å². The molecule has 134 valence electrons. The van der Waals surface area contributed by atoms with Gasteiger partial charge in [-0.05, 0) is 42.5 Å². The normalized spacial score (nSPS) is 12.0. The van der Waals surface area contributed by atoms with E-state index in [4.69, 9.17) is 0 Å². The molecule has 3 nitrogen and oxygen atoms in total. The molecule has 0 amide bonds. The third kappa shape index (κ3) is 5.51. The summed E-state index contributed by atoms with van der Waals surface area (Å²) < 4.78 is 0. The molecule has 2 aromatic carbocycles. The highest BCUT2D eigenvalue weighted by atomic mass is 16.3. The first kappa shape index (κ1) is 18.3. The molecular weight excluding hydrogens is 320 g/mol. The van der Waals surface area contributed by atoms with Gasteiger partial charge in [0.15, 0.2) is 0 Å². The number of hydrogen-bond acceptors (Lipinski definition) is 3.